The van der Waals surface area contributed by atoms with E-state index in [1.165, 1.54) is 0 Å². The van der Waals surface area contributed by atoms with Crippen LogP contribution in [0.4, 0.5) is 5.69 Å². The number of anilines is 1. The summed E-state index contributed by atoms with van der Waals surface area (Å²) in [7, 11) is 0. The molecule has 0 fully saturated rings. The Labute approximate surface area is 88.0 Å². The summed E-state index contributed by atoms with van der Waals surface area (Å²) in [6, 6.07) is 5.54. The van der Waals surface area contributed by atoms with Crippen LogP contribution in [0.25, 0.3) is 11.1 Å². The van der Waals surface area contributed by atoms with Crippen molar-refractivity contribution in [1.82, 2.24) is 4.98 Å². The van der Waals surface area contributed by atoms with Gasteiger partial charge >= 0.3 is 0 Å². The molecule has 2 N–H and O–H groups in total. The summed E-state index contributed by atoms with van der Waals surface area (Å²) in [6.07, 6.45) is 0.683. The standard InChI is InChI=1S/C11H14N2O2/c1-2-14-7-6-10-13-11-8(12)4-3-5-9(11)15-10/h3-5H,2,6-7,12H2,1H3. The van der Waals surface area contributed by atoms with E-state index in [-0.39, 0.29) is 0 Å². The number of benzene rings is 1. The smallest absolute Gasteiger partial charge is 0.197 e. The molecule has 0 saturated heterocycles. The Morgan fingerprint density at radius 1 is 1.47 bits per heavy atom. The van der Waals surface area contributed by atoms with E-state index in [0.29, 0.717) is 31.2 Å². The van der Waals surface area contributed by atoms with Crippen molar-refractivity contribution in [2.24, 2.45) is 0 Å². The number of aromatic nitrogens is 1. The highest BCUT2D eigenvalue weighted by atomic mass is 16.5. The molecular weight excluding hydrogens is 192 g/mol. The molecule has 1 aromatic carbocycles. The molecule has 2 rings (SSSR count). The normalized spacial score (nSPS) is 11.0. The summed E-state index contributed by atoms with van der Waals surface area (Å²) < 4.78 is 10.8. The van der Waals surface area contributed by atoms with Gasteiger partial charge in [-0.15, -0.1) is 0 Å². The number of para-hydroxylation sites is 1. The van der Waals surface area contributed by atoms with Gasteiger partial charge in [-0.1, -0.05) is 6.07 Å². The SMILES string of the molecule is CCOCCc1nc2c(N)cccc2o1. The molecule has 80 valence electrons. The third-order valence-electron chi connectivity index (χ3n) is 2.16. The molecule has 1 aromatic heterocycles. The summed E-state index contributed by atoms with van der Waals surface area (Å²) in [6.45, 7) is 3.30. The fourth-order valence-electron chi connectivity index (χ4n) is 1.43. The summed E-state index contributed by atoms with van der Waals surface area (Å²) in [5, 5.41) is 0. The number of hydrogen-bond donors (Lipinski definition) is 1. The molecule has 1 heterocycles. The lowest BCUT2D eigenvalue weighted by atomic mass is 10.3. The number of ether oxygens (including phenoxy) is 1. The average Bonchev–Trinajstić information content (AvgIpc) is 2.63. The second kappa shape index (κ2) is 4.31. The molecule has 0 amide bonds. The van der Waals surface area contributed by atoms with E-state index in [4.69, 9.17) is 14.9 Å². The molecule has 0 aliphatic carbocycles. The topological polar surface area (TPSA) is 61.3 Å². The van der Waals surface area contributed by atoms with Gasteiger partial charge in [0.05, 0.1) is 12.3 Å². The maximum Gasteiger partial charge on any atom is 0.197 e. The van der Waals surface area contributed by atoms with Crippen molar-refractivity contribution in [2.75, 3.05) is 18.9 Å². The third-order valence-corrected chi connectivity index (χ3v) is 2.16. The predicted molar refractivity (Wildman–Crippen MR) is 58.6 cm³/mol. The van der Waals surface area contributed by atoms with Crippen molar-refractivity contribution in [3.63, 3.8) is 0 Å². The first kappa shape index (κ1) is 9.98. The lowest BCUT2D eigenvalue weighted by Gasteiger charge is -1.95. The molecule has 4 heteroatoms. The first-order valence-electron chi connectivity index (χ1n) is 5.03. The molecule has 0 unspecified atom stereocenters. The third kappa shape index (κ3) is 2.10. The van der Waals surface area contributed by atoms with Crippen molar-refractivity contribution < 1.29 is 9.15 Å². The molecule has 0 spiro atoms. The van der Waals surface area contributed by atoms with E-state index < -0.39 is 0 Å². The molecule has 0 atom stereocenters. The maximum atomic E-state index is 5.77. The Morgan fingerprint density at radius 2 is 2.33 bits per heavy atom. The molecule has 15 heavy (non-hydrogen) atoms. The van der Waals surface area contributed by atoms with Crippen LogP contribution in [0.1, 0.15) is 12.8 Å². The van der Waals surface area contributed by atoms with Gasteiger partial charge in [0.2, 0.25) is 0 Å². The Bertz CT molecular complexity index is 451. The van der Waals surface area contributed by atoms with Crippen LogP contribution in [0.2, 0.25) is 0 Å². The lowest BCUT2D eigenvalue weighted by Crippen LogP contribution is -1.97. The molecule has 4 nitrogen and oxygen atoms in total. The highest BCUT2D eigenvalue weighted by Gasteiger charge is 2.07. The van der Waals surface area contributed by atoms with E-state index in [1.54, 1.807) is 0 Å². The zero-order valence-electron chi connectivity index (χ0n) is 8.69. The van der Waals surface area contributed by atoms with Crippen molar-refractivity contribution >= 4 is 16.8 Å². The largest absolute Gasteiger partial charge is 0.441 e. The van der Waals surface area contributed by atoms with Crippen molar-refractivity contribution in [3.05, 3.63) is 24.1 Å². The quantitative estimate of drug-likeness (QED) is 0.613. The van der Waals surface area contributed by atoms with Crippen LogP contribution in [0, 0.1) is 0 Å². The zero-order chi connectivity index (χ0) is 10.7. The molecule has 2 aromatic rings. The van der Waals surface area contributed by atoms with Crippen LogP contribution in [0.5, 0.6) is 0 Å². The van der Waals surface area contributed by atoms with Gasteiger partial charge < -0.3 is 14.9 Å². The van der Waals surface area contributed by atoms with Crippen LogP contribution in [-0.2, 0) is 11.2 Å². The Kier molecular flexibility index (Phi) is 2.87. The Balaban J connectivity index is 2.20. The maximum absolute atomic E-state index is 5.77. The second-order valence-corrected chi connectivity index (χ2v) is 3.25. The van der Waals surface area contributed by atoms with Crippen LogP contribution in [0.15, 0.2) is 22.6 Å². The first-order chi connectivity index (χ1) is 7.31. The minimum atomic E-state index is 0.628. The lowest BCUT2D eigenvalue weighted by molar-refractivity contribution is 0.146. The number of rotatable bonds is 4. The van der Waals surface area contributed by atoms with Gasteiger partial charge in [-0.05, 0) is 19.1 Å². The number of nitrogens with two attached hydrogens (primary N) is 1. The van der Waals surface area contributed by atoms with Crippen LogP contribution >= 0.6 is 0 Å². The molecule has 0 bridgehead atoms. The summed E-state index contributed by atoms with van der Waals surface area (Å²) >= 11 is 0. The fraction of sp³-hybridized carbons (Fsp3) is 0.364. The van der Waals surface area contributed by atoms with Gasteiger partial charge in [0.25, 0.3) is 0 Å². The molecule has 0 saturated carbocycles. The van der Waals surface area contributed by atoms with Crippen molar-refractivity contribution in [3.8, 4) is 0 Å². The highest BCUT2D eigenvalue weighted by molar-refractivity contribution is 5.85. The summed E-state index contributed by atoms with van der Waals surface area (Å²) in [4.78, 5) is 4.31. The fourth-order valence-corrected chi connectivity index (χ4v) is 1.43. The van der Waals surface area contributed by atoms with E-state index in [0.717, 1.165) is 11.1 Å². The van der Waals surface area contributed by atoms with E-state index >= 15 is 0 Å². The van der Waals surface area contributed by atoms with Crippen molar-refractivity contribution in [2.45, 2.75) is 13.3 Å². The van der Waals surface area contributed by atoms with Crippen LogP contribution in [0.3, 0.4) is 0 Å². The second-order valence-electron chi connectivity index (χ2n) is 3.25. The van der Waals surface area contributed by atoms with E-state index in [9.17, 15) is 0 Å². The first-order valence-corrected chi connectivity index (χ1v) is 5.03. The average molecular weight is 206 g/mol. The Morgan fingerprint density at radius 3 is 3.07 bits per heavy atom. The van der Waals surface area contributed by atoms with Gasteiger partial charge in [-0.25, -0.2) is 4.98 Å². The number of hydrogen-bond acceptors (Lipinski definition) is 4. The highest BCUT2D eigenvalue weighted by Crippen LogP contribution is 2.21. The number of oxazole rings is 1. The molecule has 0 aliphatic heterocycles. The zero-order valence-corrected chi connectivity index (χ0v) is 8.69. The molecular formula is C11H14N2O2. The van der Waals surface area contributed by atoms with Crippen LogP contribution in [-0.4, -0.2) is 18.2 Å². The number of nitrogen functional groups attached to an aromatic ring is 1. The van der Waals surface area contributed by atoms with Gasteiger partial charge in [-0.2, -0.15) is 0 Å². The van der Waals surface area contributed by atoms with E-state index in [1.807, 2.05) is 25.1 Å². The minimum Gasteiger partial charge on any atom is -0.441 e. The monoisotopic (exact) mass is 206 g/mol. The summed E-state index contributed by atoms with van der Waals surface area (Å²) in [5.74, 6) is 0.677. The Hall–Kier alpha value is -1.55. The number of fused-ring (bicyclic) bond motifs is 1. The van der Waals surface area contributed by atoms with Gasteiger partial charge in [0, 0.05) is 13.0 Å². The van der Waals surface area contributed by atoms with Crippen LogP contribution < -0.4 is 5.73 Å². The molecule has 0 aliphatic rings. The minimum absolute atomic E-state index is 0.628. The van der Waals surface area contributed by atoms with Gasteiger partial charge in [-0.3, -0.25) is 0 Å². The summed E-state index contributed by atoms with van der Waals surface area (Å²) in [5.41, 5.74) is 7.90. The number of nitrogens with zero attached hydrogens (tertiary/aromatic N) is 1. The van der Waals surface area contributed by atoms with Crippen molar-refractivity contribution in [1.29, 1.82) is 0 Å². The van der Waals surface area contributed by atoms with Gasteiger partial charge in [0.15, 0.2) is 11.5 Å². The predicted octanol–water partition coefficient (Wildman–Crippen LogP) is 1.99. The van der Waals surface area contributed by atoms with E-state index in [2.05, 4.69) is 4.98 Å². The van der Waals surface area contributed by atoms with Gasteiger partial charge in [0.1, 0.15) is 5.52 Å². The molecule has 0 radical (unpaired) electrons.